The molecule has 0 unspecified atom stereocenters. The second-order valence-electron chi connectivity index (χ2n) is 10.1. The smallest absolute Gasteiger partial charge is 0.326 e. The summed E-state index contributed by atoms with van der Waals surface area (Å²) >= 11 is 0. The summed E-state index contributed by atoms with van der Waals surface area (Å²) in [6, 6.07) is 5.19. The van der Waals surface area contributed by atoms with Crippen molar-refractivity contribution in [3.63, 3.8) is 0 Å². The van der Waals surface area contributed by atoms with Gasteiger partial charge in [-0.2, -0.15) is 19.6 Å². The average molecular weight is 542 g/mol. The number of amides is 4. The number of piperazine rings is 1. The van der Waals surface area contributed by atoms with Crippen molar-refractivity contribution >= 4 is 46.6 Å². The Labute approximate surface area is 228 Å². The van der Waals surface area contributed by atoms with Crippen LogP contribution in [-0.4, -0.2) is 95.5 Å². The molecule has 5 heterocycles. The Morgan fingerprint density at radius 1 is 1.12 bits per heavy atom. The average Bonchev–Trinajstić information content (AvgIpc) is 3.39. The lowest BCUT2D eigenvalue weighted by molar-refractivity contribution is -0.115. The van der Waals surface area contributed by atoms with Crippen LogP contribution in [0.3, 0.4) is 0 Å². The summed E-state index contributed by atoms with van der Waals surface area (Å²) in [5.74, 6) is 0.342. The van der Waals surface area contributed by atoms with E-state index < -0.39 is 11.9 Å². The van der Waals surface area contributed by atoms with Gasteiger partial charge in [-0.1, -0.05) is 6.92 Å². The highest BCUT2D eigenvalue weighted by molar-refractivity contribution is 6.14. The fourth-order valence-corrected chi connectivity index (χ4v) is 4.99. The Kier molecular flexibility index (Phi) is 5.70. The Morgan fingerprint density at radius 3 is 2.67 bits per heavy atom. The highest BCUT2D eigenvalue weighted by Gasteiger charge is 2.27. The number of hydrogen-bond donors (Lipinski definition) is 3. The SMILES string of the molecule is CCN1CCN(C(=O)c2ccc3c(c2)ncn3-c2nc(NC3CC3)n3ncc(C=C4NC(=O)NC4=O)c3n2)CC1. The van der Waals surface area contributed by atoms with E-state index in [9.17, 15) is 14.4 Å². The minimum atomic E-state index is -0.579. The molecule has 1 saturated carbocycles. The van der Waals surface area contributed by atoms with Crippen molar-refractivity contribution in [1.82, 2.24) is 49.6 Å². The first-order valence-corrected chi connectivity index (χ1v) is 13.3. The molecule has 1 aliphatic carbocycles. The van der Waals surface area contributed by atoms with Crippen LogP contribution in [0.15, 0.2) is 36.4 Å². The molecule has 40 heavy (non-hydrogen) atoms. The van der Waals surface area contributed by atoms with Crippen LogP contribution in [-0.2, 0) is 4.79 Å². The molecule has 0 radical (unpaired) electrons. The van der Waals surface area contributed by atoms with Gasteiger partial charge in [-0.25, -0.2) is 9.78 Å². The summed E-state index contributed by atoms with van der Waals surface area (Å²) in [5.41, 5.74) is 3.09. The fourth-order valence-electron chi connectivity index (χ4n) is 4.99. The lowest BCUT2D eigenvalue weighted by Gasteiger charge is -2.34. The number of anilines is 1. The zero-order valence-electron chi connectivity index (χ0n) is 21.8. The number of carbonyl (C=O) groups excluding carboxylic acids is 3. The number of aromatic nitrogens is 6. The number of urea groups is 1. The summed E-state index contributed by atoms with van der Waals surface area (Å²) < 4.78 is 3.34. The molecule has 0 bridgehead atoms. The molecule has 1 aromatic carbocycles. The maximum atomic E-state index is 13.2. The number of imide groups is 1. The Morgan fingerprint density at radius 2 is 1.95 bits per heavy atom. The number of carbonyl (C=O) groups is 3. The second-order valence-corrected chi connectivity index (χ2v) is 10.1. The van der Waals surface area contributed by atoms with Gasteiger partial charge in [0.15, 0.2) is 5.65 Å². The van der Waals surface area contributed by atoms with Gasteiger partial charge in [-0.05, 0) is 43.7 Å². The van der Waals surface area contributed by atoms with E-state index in [2.05, 4.69) is 37.9 Å². The van der Waals surface area contributed by atoms with Gasteiger partial charge in [0, 0.05) is 43.3 Å². The van der Waals surface area contributed by atoms with Crippen molar-refractivity contribution in [2.75, 3.05) is 38.0 Å². The Bertz CT molecular complexity index is 1710. The van der Waals surface area contributed by atoms with Gasteiger partial charge < -0.3 is 20.4 Å². The number of imidazole rings is 1. The molecule has 3 aromatic heterocycles. The van der Waals surface area contributed by atoms with E-state index >= 15 is 0 Å². The molecule has 4 amide bonds. The first-order valence-electron chi connectivity index (χ1n) is 13.3. The predicted octanol–water partition coefficient (Wildman–Crippen LogP) is 0.996. The van der Waals surface area contributed by atoms with Crippen LogP contribution >= 0.6 is 0 Å². The molecule has 2 saturated heterocycles. The standard InChI is InChI=1S/C26H27N11O3/c1-2-34-7-9-35(10-8-34)23(39)15-3-6-20-18(11-15)27-14-36(20)24-31-21-16(12-19-22(38)32-26(40)30-19)13-28-37(21)25(33-24)29-17-4-5-17/h3,6,11-14,17H,2,4-5,7-10H2,1H3,(H,29,31,33)(H2,30,32,38,40). The van der Waals surface area contributed by atoms with E-state index in [1.807, 2.05) is 17.0 Å². The van der Waals surface area contributed by atoms with Gasteiger partial charge in [0.05, 0.1) is 17.2 Å². The molecular weight excluding hydrogens is 514 g/mol. The number of fused-ring (bicyclic) bond motifs is 2. The first-order chi connectivity index (χ1) is 19.5. The van der Waals surface area contributed by atoms with E-state index in [0.29, 0.717) is 53.3 Å². The highest BCUT2D eigenvalue weighted by Crippen LogP contribution is 2.27. The van der Waals surface area contributed by atoms with Crippen molar-refractivity contribution < 1.29 is 14.4 Å². The van der Waals surface area contributed by atoms with Gasteiger partial charge in [0.1, 0.15) is 12.0 Å². The fraction of sp³-hybridized carbons (Fsp3) is 0.346. The topological polar surface area (TPSA) is 155 Å². The summed E-state index contributed by atoms with van der Waals surface area (Å²) in [7, 11) is 0. The lowest BCUT2D eigenvalue weighted by Crippen LogP contribution is -2.48. The van der Waals surface area contributed by atoms with E-state index in [0.717, 1.165) is 38.0 Å². The van der Waals surface area contributed by atoms with Crippen molar-refractivity contribution in [3.8, 4) is 5.95 Å². The predicted molar refractivity (Wildman–Crippen MR) is 145 cm³/mol. The molecule has 4 aromatic rings. The van der Waals surface area contributed by atoms with Crippen LogP contribution in [0.25, 0.3) is 28.7 Å². The zero-order chi connectivity index (χ0) is 27.4. The highest BCUT2D eigenvalue weighted by atomic mass is 16.2. The minimum absolute atomic E-state index is 0.000715. The summed E-state index contributed by atoms with van der Waals surface area (Å²) in [5, 5.41) is 12.5. The first kappa shape index (κ1) is 24.2. The summed E-state index contributed by atoms with van der Waals surface area (Å²) in [6.45, 7) is 6.28. The summed E-state index contributed by atoms with van der Waals surface area (Å²) in [4.78, 5) is 55.1. The van der Waals surface area contributed by atoms with Crippen LogP contribution in [0.2, 0.25) is 0 Å². The number of rotatable bonds is 6. The molecule has 3 N–H and O–H groups in total. The van der Waals surface area contributed by atoms with Crippen LogP contribution < -0.4 is 16.0 Å². The Hall–Kier alpha value is -4.85. The summed E-state index contributed by atoms with van der Waals surface area (Å²) in [6.07, 6.45) is 6.79. The normalized spacial score (nSPS) is 19.0. The molecule has 14 nitrogen and oxygen atoms in total. The molecule has 7 rings (SSSR count). The number of nitrogens with one attached hydrogen (secondary N) is 3. The molecule has 0 spiro atoms. The quantitative estimate of drug-likeness (QED) is 0.239. The third kappa shape index (κ3) is 4.31. The third-order valence-corrected chi connectivity index (χ3v) is 7.43. The van der Waals surface area contributed by atoms with Crippen molar-refractivity contribution in [3.05, 3.63) is 47.5 Å². The maximum Gasteiger partial charge on any atom is 0.326 e. The number of benzene rings is 1. The lowest BCUT2D eigenvalue weighted by atomic mass is 10.1. The van der Waals surface area contributed by atoms with Crippen molar-refractivity contribution in [2.24, 2.45) is 0 Å². The van der Waals surface area contributed by atoms with Crippen LogP contribution in [0.4, 0.5) is 10.7 Å². The number of hydrogen-bond acceptors (Lipinski definition) is 9. The number of nitrogens with zero attached hydrogens (tertiary/aromatic N) is 8. The molecular formula is C26H27N11O3. The maximum absolute atomic E-state index is 13.2. The Balaban J connectivity index is 1.25. The van der Waals surface area contributed by atoms with E-state index in [1.54, 1.807) is 27.7 Å². The van der Waals surface area contributed by atoms with Crippen molar-refractivity contribution in [2.45, 2.75) is 25.8 Å². The molecule has 3 fully saturated rings. The molecule has 2 aliphatic heterocycles. The monoisotopic (exact) mass is 541 g/mol. The van der Waals surface area contributed by atoms with Crippen molar-refractivity contribution in [1.29, 1.82) is 0 Å². The molecule has 14 heteroatoms. The van der Waals surface area contributed by atoms with E-state index in [1.165, 1.54) is 6.08 Å². The van der Waals surface area contributed by atoms with E-state index in [4.69, 9.17) is 9.97 Å². The molecule has 0 atom stereocenters. The van der Waals surface area contributed by atoms with Gasteiger partial charge in [0.2, 0.25) is 11.9 Å². The zero-order valence-corrected chi connectivity index (χ0v) is 21.8. The van der Waals surface area contributed by atoms with Crippen LogP contribution in [0.5, 0.6) is 0 Å². The van der Waals surface area contributed by atoms with Gasteiger partial charge in [-0.3, -0.25) is 19.5 Å². The number of likely N-dealkylation sites (N-methyl/N-ethyl adjacent to an activating group) is 1. The van der Waals surface area contributed by atoms with Gasteiger partial charge in [-0.15, -0.1) is 0 Å². The molecule has 3 aliphatic rings. The largest absolute Gasteiger partial charge is 0.351 e. The molecule has 204 valence electrons. The van der Waals surface area contributed by atoms with E-state index in [-0.39, 0.29) is 11.6 Å². The minimum Gasteiger partial charge on any atom is -0.351 e. The van der Waals surface area contributed by atoms with Crippen LogP contribution in [0.1, 0.15) is 35.7 Å². The van der Waals surface area contributed by atoms with Gasteiger partial charge >= 0.3 is 6.03 Å². The second kappa shape index (κ2) is 9.41. The van der Waals surface area contributed by atoms with Gasteiger partial charge in [0.25, 0.3) is 11.8 Å². The van der Waals surface area contributed by atoms with Crippen LogP contribution in [0, 0.1) is 0 Å². The third-order valence-electron chi connectivity index (χ3n) is 7.43.